The van der Waals surface area contributed by atoms with Crippen LogP contribution in [0.3, 0.4) is 0 Å². The molecule has 8 heteroatoms. The Morgan fingerprint density at radius 2 is 1.95 bits per heavy atom. The number of phenolic OH excluding ortho intramolecular Hbond substituents is 1. The van der Waals surface area contributed by atoms with Gasteiger partial charge in [0.2, 0.25) is 10.0 Å². The highest BCUT2D eigenvalue weighted by molar-refractivity contribution is 7.92. The molecule has 0 spiro atoms. The van der Waals surface area contributed by atoms with E-state index < -0.39 is 20.4 Å². The first kappa shape index (κ1) is 15.2. The molecule has 0 aliphatic rings. The number of anilines is 1. The number of phenols is 1. The number of rotatable bonds is 4. The van der Waals surface area contributed by atoms with Gasteiger partial charge in [-0.2, -0.15) is 0 Å². The summed E-state index contributed by atoms with van der Waals surface area (Å²) >= 11 is 0. The molecule has 0 bridgehead atoms. The van der Waals surface area contributed by atoms with Crippen molar-refractivity contribution >= 4 is 21.4 Å². The Labute approximate surface area is 111 Å². The van der Waals surface area contributed by atoms with Crippen molar-refractivity contribution in [3.63, 3.8) is 0 Å². The van der Waals surface area contributed by atoms with Gasteiger partial charge in [-0.15, -0.1) is 0 Å². The van der Waals surface area contributed by atoms with Crippen molar-refractivity contribution in [2.24, 2.45) is 5.41 Å². The second-order valence-electron chi connectivity index (χ2n) is 5.38. The van der Waals surface area contributed by atoms with Gasteiger partial charge in [-0.25, -0.2) is 8.42 Å². The summed E-state index contributed by atoms with van der Waals surface area (Å²) in [6, 6.07) is 3.15. The van der Waals surface area contributed by atoms with E-state index in [0.717, 1.165) is 18.2 Å². The summed E-state index contributed by atoms with van der Waals surface area (Å²) < 4.78 is 25.9. The fourth-order valence-corrected chi connectivity index (χ4v) is 3.20. The second kappa shape index (κ2) is 5.04. The maximum atomic E-state index is 11.9. The zero-order valence-corrected chi connectivity index (χ0v) is 11.7. The molecule has 0 heterocycles. The van der Waals surface area contributed by atoms with Gasteiger partial charge in [0.1, 0.15) is 5.75 Å². The first-order valence-electron chi connectivity index (χ1n) is 5.48. The smallest absolute Gasteiger partial charge is 0.271 e. The van der Waals surface area contributed by atoms with Crippen molar-refractivity contribution in [3.05, 3.63) is 28.3 Å². The lowest BCUT2D eigenvalue weighted by Gasteiger charge is -2.19. The molecule has 106 valence electrons. The maximum Gasteiger partial charge on any atom is 0.271 e. The van der Waals surface area contributed by atoms with Gasteiger partial charge in [0.15, 0.2) is 0 Å². The number of sulfonamides is 1. The minimum absolute atomic E-state index is 0.165. The van der Waals surface area contributed by atoms with E-state index in [-0.39, 0.29) is 22.9 Å². The predicted molar refractivity (Wildman–Crippen MR) is 71.6 cm³/mol. The standard InChI is InChI=1S/C11H16N2O5S/c1-11(2,3)7-19(17,18)12-9-6-8(13(15)16)4-5-10(9)14/h4-6,12,14H,7H2,1-3H3. The van der Waals surface area contributed by atoms with Gasteiger partial charge in [-0.1, -0.05) is 20.8 Å². The molecule has 0 amide bonds. The lowest BCUT2D eigenvalue weighted by molar-refractivity contribution is -0.384. The fraction of sp³-hybridized carbons (Fsp3) is 0.455. The number of aromatic hydroxyl groups is 1. The Balaban J connectivity index is 3.05. The largest absolute Gasteiger partial charge is 0.506 e. The average molecular weight is 288 g/mol. The Bertz CT molecular complexity index is 590. The van der Waals surface area contributed by atoms with Crippen LogP contribution >= 0.6 is 0 Å². The van der Waals surface area contributed by atoms with Gasteiger partial charge < -0.3 is 5.11 Å². The molecule has 0 fully saturated rings. The van der Waals surface area contributed by atoms with Crippen LogP contribution in [0.4, 0.5) is 11.4 Å². The quantitative estimate of drug-likeness (QED) is 0.501. The third kappa shape index (κ3) is 4.74. The highest BCUT2D eigenvalue weighted by atomic mass is 32.2. The lowest BCUT2D eigenvalue weighted by atomic mass is 10.0. The van der Waals surface area contributed by atoms with Crippen LogP contribution in [-0.2, 0) is 10.0 Å². The van der Waals surface area contributed by atoms with E-state index in [1.165, 1.54) is 0 Å². The SMILES string of the molecule is CC(C)(C)CS(=O)(=O)Nc1cc([N+](=O)[O-])ccc1O. The molecule has 0 aromatic heterocycles. The minimum atomic E-state index is -3.69. The molecule has 0 radical (unpaired) electrons. The van der Waals surface area contributed by atoms with E-state index in [0.29, 0.717) is 0 Å². The zero-order valence-electron chi connectivity index (χ0n) is 10.9. The van der Waals surface area contributed by atoms with E-state index >= 15 is 0 Å². The first-order chi connectivity index (χ1) is 8.50. The van der Waals surface area contributed by atoms with Gasteiger partial charge in [0.05, 0.1) is 16.4 Å². The second-order valence-corrected chi connectivity index (χ2v) is 7.10. The summed E-state index contributed by atoms with van der Waals surface area (Å²) in [5.41, 5.74) is -0.966. The van der Waals surface area contributed by atoms with Crippen LogP contribution in [-0.4, -0.2) is 24.2 Å². The summed E-state index contributed by atoms with van der Waals surface area (Å²) in [5, 5.41) is 20.1. The van der Waals surface area contributed by atoms with Gasteiger partial charge in [-0.3, -0.25) is 14.8 Å². The summed E-state index contributed by atoms with van der Waals surface area (Å²) in [4.78, 5) is 9.94. The van der Waals surface area contributed by atoms with Gasteiger partial charge in [-0.05, 0) is 11.5 Å². The lowest BCUT2D eigenvalue weighted by Crippen LogP contribution is -2.26. The number of non-ortho nitro benzene ring substituents is 1. The maximum absolute atomic E-state index is 11.9. The number of nitro groups is 1. The fourth-order valence-electron chi connectivity index (χ4n) is 1.49. The highest BCUT2D eigenvalue weighted by Gasteiger charge is 2.23. The number of nitrogens with one attached hydrogen (secondary N) is 1. The van der Waals surface area contributed by atoms with Gasteiger partial charge in [0, 0.05) is 12.1 Å². The minimum Gasteiger partial charge on any atom is -0.506 e. The first-order valence-corrected chi connectivity index (χ1v) is 7.13. The highest BCUT2D eigenvalue weighted by Crippen LogP contribution is 2.29. The summed E-state index contributed by atoms with van der Waals surface area (Å²) in [6.45, 7) is 5.25. The Hall–Kier alpha value is -1.83. The topological polar surface area (TPSA) is 110 Å². The van der Waals surface area contributed by atoms with Crippen LogP contribution < -0.4 is 4.72 Å². The van der Waals surface area contributed by atoms with Crippen LogP contribution in [0.2, 0.25) is 0 Å². The summed E-state index contributed by atoms with van der Waals surface area (Å²) in [5.74, 6) is -0.523. The Morgan fingerprint density at radius 3 is 2.42 bits per heavy atom. The molecule has 0 atom stereocenters. The average Bonchev–Trinajstić information content (AvgIpc) is 2.16. The van der Waals surface area contributed by atoms with Gasteiger partial charge >= 0.3 is 0 Å². The van der Waals surface area contributed by atoms with E-state index in [9.17, 15) is 23.6 Å². The van der Waals surface area contributed by atoms with E-state index in [2.05, 4.69) is 4.72 Å². The molecule has 19 heavy (non-hydrogen) atoms. The van der Waals surface area contributed by atoms with Crippen LogP contribution in [0.25, 0.3) is 0 Å². The molecular formula is C11H16N2O5S. The number of nitro benzene ring substituents is 1. The van der Waals surface area contributed by atoms with Crippen LogP contribution in [0, 0.1) is 15.5 Å². The molecule has 0 aliphatic carbocycles. The van der Waals surface area contributed by atoms with Crippen molar-refractivity contribution in [2.45, 2.75) is 20.8 Å². The van der Waals surface area contributed by atoms with Crippen molar-refractivity contribution in [1.82, 2.24) is 0 Å². The van der Waals surface area contributed by atoms with Crippen LogP contribution in [0.5, 0.6) is 5.75 Å². The Morgan fingerprint density at radius 1 is 1.37 bits per heavy atom. The monoisotopic (exact) mass is 288 g/mol. The predicted octanol–water partition coefficient (Wildman–Crippen LogP) is 2.09. The normalized spacial score (nSPS) is 12.2. The summed E-state index contributed by atoms with van der Waals surface area (Å²) in [7, 11) is -3.69. The molecule has 1 aromatic carbocycles. The van der Waals surface area contributed by atoms with Gasteiger partial charge in [0.25, 0.3) is 5.69 Å². The molecule has 0 saturated carbocycles. The molecule has 1 rings (SSSR count). The molecule has 1 aromatic rings. The summed E-state index contributed by atoms with van der Waals surface area (Å²) in [6.07, 6.45) is 0. The third-order valence-corrected chi connectivity index (χ3v) is 3.86. The molecule has 0 unspecified atom stereocenters. The third-order valence-electron chi connectivity index (χ3n) is 2.08. The van der Waals surface area contributed by atoms with E-state index in [4.69, 9.17) is 0 Å². The van der Waals surface area contributed by atoms with E-state index in [1.54, 1.807) is 20.8 Å². The molecular weight excluding hydrogens is 272 g/mol. The van der Waals surface area contributed by atoms with Crippen LogP contribution in [0.15, 0.2) is 18.2 Å². The number of hydrogen-bond acceptors (Lipinski definition) is 5. The van der Waals surface area contributed by atoms with E-state index in [1.807, 2.05) is 0 Å². The number of benzene rings is 1. The van der Waals surface area contributed by atoms with Crippen LogP contribution in [0.1, 0.15) is 20.8 Å². The zero-order chi connectivity index (χ0) is 14.8. The molecule has 0 saturated heterocycles. The van der Waals surface area contributed by atoms with Crippen molar-refractivity contribution in [3.8, 4) is 5.75 Å². The Kier molecular flexibility index (Phi) is 4.04. The molecule has 7 nitrogen and oxygen atoms in total. The number of nitrogens with zero attached hydrogens (tertiary/aromatic N) is 1. The number of hydrogen-bond donors (Lipinski definition) is 2. The van der Waals surface area contributed by atoms with Crippen molar-refractivity contribution < 1.29 is 18.4 Å². The van der Waals surface area contributed by atoms with Crippen molar-refractivity contribution in [1.29, 1.82) is 0 Å². The molecule has 0 aliphatic heterocycles. The van der Waals surface area contributed by atoms with Crippen molar-refractivity contribution in [2.75, 3.05) is 10.5 Å². The molecule has 2 N–H and O–H groups in total.